The van der Waals surface area contributed by atoms with Gasteiger partial charge in [0.1, 0.15) is 0 Å². The Hall–Kier alpha value is -2.44. The summed E-state index contributed by atoms with van der Waals surface area (Å²) in [6.45, 7) is 4.80. The summed E-state index contributed by atoms with van der Waals surface area (Å²) >= 11 is 0. The minimum absolute atomic E-state index is 0.0867. The lowest BCUT2D eigenvalue weighted by atomic mass is 10.1. The normalized spacial score (nSPS) is 15.2. The Labute approximate surface area is 140 Å². The van der Waals surface area contributed by atoms with Crippen molar-refractivity contribution in [3.05, 3.63) is 58.4 Å². The molecule has 24 heavy (non-hydrogen) atoms. The molecule has 0 unspecified atom stereocenters. The fraction of sp³-hybridized carbons (Fsp3) is 0.333. The van der Waals surface area contributed by atoms with Crippen LogP contribution >= 0.6 is 0 Å². The second-order valence-electron chi connectivity index (χ2n) is 5.72. The molecule has 1 saturated heterocycles. The largest absolute Gasteiger partial charge is 0.379 e. The predicted molar refractivity (Wildman–Crippen MR) is 92.1 cm³/mol. The number of H-pyrrole nitrogens is 1. The molecule has 3 rings (SSSR count). The number of morpholine rings is 1. The molecule has 0 atom stereocenters. The first-order chi connectivity index (χ1) is 11.7. The van der Waals surface area contributed by atoms with E-state index in [-0.39, 0.29) is 11.5 Å². The number of aromatic nitrogens is 1. The number of amides is 1. The minimum atomic E-state index is -0.141. The zero-order valence-electron chi connectivity index (χ0n) is 13.5. The fourth-order valence-electron chi connectivity index (χ4n) is 2.67. The van der Waals surface area contributed by atoms with Crippen LogP contribution in [-0.2, 0) is 4.74 Å². The summed E-state index contributed by atoms with van der Waals surface area (Å²) in [7, 11) is 0. The lowest BCUT2D eigenvalue weighted by Crippen LogP contribution is -2.41. The summed E-state index contributed by atoms with van der Waals surface area (Å²) in [5.41, 5.74) is 2.08. The Morgan fingerprint density at radius 3 is 2.58 bits per heavy atom. The molecule has 1 aromatic heterocycles. The number of hydrogen-bond donors (Lipinski definition) is 2. The van der Waals surface area contributed by atoms with Crippen LogP contribution in [0.4, 0.5) is 0 Å². The lowest BCUT2D eigenvalue weighted by Gasteiger charge is -2.26. The highest BCUT2D eigenvalue weighted by Crippen LogP contribution is 2.16. The summed E-state index contributed by atoms with van der Waals surface area (Å²) in [5.74, 6) is -0.0867. The van der Waals surface area contributed by atoms with E-state index in [1.165, 1.54) is 6.07 Å². The molecule has 1 aliphatic heterocycles. The van der Waals surface area contributed by atoms with E-state index in [0.717, 1.165) is 44.1 Å². The first-order valence-electron chi connectivity index (χ1n) is 8.10. The highest BCUT2D eigenvalue weighted by Gasteiger charge is 2.11. The van der Waals surface area contributed by atoms with Crippen molar-refractivity contribution in [3.8, 4) is 11.3 Å². The molecule has 0 radical (unpaired) electrons. The van der Waals surface area contributed by atoms with Gasteiger partial charge in [-0.1, -0.05) is 18.2 Å². The summed E-state index contributed by atoms with van der Waals surface area (Å²) in [6, 6.07) is 12.2. The molecule has 126 valence electrons. The number of rotatable bonds is 5. The van der Waals surface area contributed by atoms with Gasteiger partial charge in [-0.25, -0.2) is 0 Å². The van der Waals surface area contributed by atoms with Gasteiger partial charge in [0.15, 0.2) is 0 Å². The van der Waals surface area contributed by atoms with Gasteiger partial charge in [-0.15, -0.1) is 0 Å². The smallest absolute Gasteiger partial charge is 0.251 e. The Balaban J connectivity index is 1.54. The quantitative estimate of drug-likeness (QED) is 0.862. The van der Waals surface area contributed by atoms with Crippen LogP contribution in [0.2, 0.25) is 0 Å². The number of hydrogen-bond acceptors (Lipinski definition) is 4. The molecule has 6 nitrogen and oxygen atoms in total. The van der Waals surface area contributed by atoms with Crippen molar-refractivity contribution in [2.45, 2.75) is 0 Å². The van der Waals surface area contributed by atoms with Crippen LogP contribution < -0.4 is 10.9 Å². The average molecular weight is 327 g/mol. The second kappa shape index (κ2) is 7.90. The molecule has 2 heterocycles. The van der Waals surface area contributed by atoms with Crippen LogP contribution in [0.1, 0.15) is 10.4 Å². The number of pyridine rings is 1. The Morgan fingerprint density at radius 1 is 1.12 bits per heavy atom. The zero-order valence-corrected chi connectivity index (χ0v) is 13.5. The molecule has 1 amide bonds. The van der Waals surface area contributed by atoms with Gasteiger partial charge in [-0.05, 0) is 23.8 Å². The Bertz CT molecular complexity index is 734. The van der Waals surface area contributed by atoms with Crippen molar-refractivity contribution in [1.82, 2.24) is 15.2 Å². The van der Waals surface area contributed by atoms with Crippen LogP contribution in [0.25, 0.3) is 11.3 Å². The molecule has 0 bridgehead atoms. The van der Waals surface area contributed by atoms with E-state index < -0.39 is 0 Å². The third-order valence-electron chi connectivity index (χ3n) is 4.04. The third kappa shape index (κ3) is 4.31. The van der Waals surface area contributed by atoms with Crippen LogP contribution in [-0.4, -0.2) is 55.2 Å². The van der Waals surface area contributed by atoms with Crippen molar-refractivity contribution in [2.75, 3.05) is 39.4 Å². The van der Waals surface area contributed by atoms with E-state index in [0.29, 0.717) is 12.1 Å². The number of aromatic amines is 1. The monoisotopic (exact) mass is 327 g/mol. The number of benzene rings is 1. The average Bonchev–Trinajstić information content (AvgIpc) is 2.63. The molecule has 0 spiro atoms. The van der Waals surface area contributed by atoms with Crippen molar-refractivity contribution in [2.24, 2.45) is 0 Å². The molecule has 1 aliphatic rings. The molecule has 1 fully saturated rings. The van der Waals surface area contributed by atoms with Gasteiger partial charge >= 0.3 is 0 Å². The van der Waals surface area contributed by atoms with Gasteiger partial charge in [0, 0.05) is 43.5 Å². The van der Waals surface area contributed by atoms with E-state index in [1.807, 2.05) is 18.2 Å². The maximum Gasteiger partial charge on any atom is 0.251 e. The predicted octanol–water partition coefficient (Wildman–Crippen LogP) is 1.10. The fourth-order valence-corrected chi connectivity index (χ4v) is 2.67. The molecule has 2 aromatic rings. The van der Waals surface area contributed by atoms with E-state index in [4.69, 9.17) is 4.74 Å². The zero-order chi connectivity index (χ0) is 16.8. The van der Waals surface area contributed by atoms with Crippen LogP contribution in [0, 0.1) is 0 Å². The lowest BCUT2D eigenvalue weighted by molar-refractivity contribution is 0.0383. The van der Waals surface area contributed by atoms with Crippen LogP contribution in [0.5, 0.6) is 0 Å². The molecule has 1 aromatic carbocycles. The molecule has 2 N–H and O–H groups in total. The van der Waals surface area contributed by atoms with Crippen molar-refractivity contribution >= 4 is 5.91 Å². The molecular formula is C18H21N3O3. The summed E-state index contributed by atoms with van der Waals surface area (Å²) < 4.78 is 5.30. The van der Waals surface area contributed by atoms with Crippen LogP contribution in [0.15, 0.2) is 47.3 Å². The Morgan fingerprint density at radius 2 is 1.88 bits per heavy atom. The second-order valence-corrected chi connectivity index (χ2v) is 5.72. The number of carbonyl (C=O) groups is 1. The van der Waals surface area contributed by atoms with E-state index in [1.54, 1.807) is 18.2 Å². The standard InChI is InChI=1S/C18H21N3O3/c22-17-3-1-2-16(20-17)14-4-6-15(7-5-14)18(23)19-8-9-21-10-12-24-13-11-21/h1-7H,8-13H2,(H,19,23)(H,20,22). The van der Waals surface area contributed by atoms with E-state index in [9.17, 15) is 9.59 Å². The van der Waals surface area contributed by atoms with Gasteiger partial charge in [0.05, 0.1) is 13.2 Å². The van der Waals surface area contributed by atoms with Gasteiger partial charge in [0.25, 0.3) is 5.91 Å². The minimum Gasteiger partial charge on any atom is -0.379 e. The van der Waals surface area contributed by atoms with Gasteiger partial charge in [-0.3, -0.25) is 14.5 Å². The molecule has 6 heteroatoms. The first-order valence-corrected chi connectivity index (χ1v) is 8.10. The maximum absolute atomic E-state index is 12.2. The number of nitrogens with zero attached hydrogens (tertiary/aromatic N) is 1. The van der Waals surface area contributed by atoms with Crippen molar-refractivity contribution in [1.29, 1.82) is 0 Å². The highest BCUT2D eigenvalue weighted by molar-refractivity contribution is 5.94. The molecule has 0 saturated carbocycles. The van der Waals surface area contributed by atoms with Crippen molar-refractivity contribution in [3.63, 3.8) is 0 Å². The summed E-state index contributed by atoms with van der Waals surface area (Å²) in [5, 5.41) is 2.94. The number of ether oxygens (including phenoxy) is 1. The first kappa shape index (κ1) is 16.4. The Kier molecular flexibility index (Phi) is 5.40. The summed E-state index contributed by atoms with van der Waals surface area (Å²) in [4.78, 5) is 28.6. The van der Waals surface area contributed by atoms with Crippen LogP contribution in [0.3, 0.4) is 0 Å². The topological polar surface area (TPSA) is 74.4 Å². The van der Waals surface area contributed by atoms with Crippen molar-refractivity contribution < 1.29 is 9.53 Å². The maximum atomic E-state index is 12.2. The molecule has 0 aliphatic carbocycles. The van der Waals surface area contributed by atoms with Gasteiger partial charge in [-0.2, -0.15) is 0 Å². The summed E-state index contributed by atoms with van der Waals surface area (Å²) in [6.07, 6.45) is 0. The van der Waals surface area contributed by atoms with Gasteiger partial charge < -0.3 is 15.0 Å². The van der Waals surface area contributed by atoms with Gasteiger partial charge in [0.2, 0.25) is 5.56 Å². The number of nitrogens with one attached hydrogen (secondary N) is 2. The SMILES string of the molecule is O=C(NCCN1CCOCC1)c1ccc(-c2cccc(=O)[nH]2)cc1. The van der Waals surface area contributed by atoms with E-state index >= 15 is 0 Å². The third-order valence-corrected chi connectivity index (χ3v) is 4.04. The van der Waals surface area contributed by atoms with E-state index in [2.05, 4.69) is 15.2 Å². The number of carbonyl (C=O) groups excluding carboxylic acids is 1. The molecular weight excluding hydrogens is 306 g/mol. The highest BCUT2D eigenvalue weighted by atomic mass is 16.5.